The Labute approximate surface area is 124 Å². The molecular weight excluding hydrogens is 260 g/mol. The molecule has 21 heavy (non-hydrogen) atoms. The Bertz CT molecular complexity index is 732. The van der Waals surface area contributed by atoms with Crippen molar-refractivity contribution in [2.45, 2.75) is 13.0 Å². The maximum Gasteiger partial charge on any atom is 0.119 e. The molecule has 3 rings (SSSR count). The van der Waals surface area contributed by atoms with Crippen molar-refractivity contribution < 1.29 is 9.84 Å². The second-order valence-electron chi connectivity index (χ2n) is 5.25. The van der Waals surface area contributed by atoms with Crippen molar-refractivity contribution in [3.63, 3.8) is 0 Å². The topological polar surface area (TPSA) is 29.5 Å². The third-order valence-electron chi connectivity index (χ3n) is 3.59. The van der Waals surface area contributed by atoms with Gasteiger partial charge in [0.1, 0.15) is 18.5 Å². The predicted molar refractivity (Wildman–Crippen MR) is 85.6 cm³/mol. The molecule has 0 radical (unpaired) electrons. The minimum Gasteiger partial charge on any atom is -0.491 e. The average Bonchev–Trinajstić information content (AvgIpc) is 2.53. The number of hydrogen-bond donors (Lipinski definition) is 1. The number of aliphatic hydroxyl groups is 1. The van der Waals surface area contributed by atoms with Crippen molar-refractivity contribution >= 4 is 10.8 Å². The van der Waals surface area contributed by atoms with E-state index >= 15 is 0 Å². The first kappa shape index (κ1) is 13.7. The van der Waals surface area contributed by atoms with Gasteiger partial charge in [0.05, 0.1) is 0 Å². The van der Waals surface area contributed by atoms with Crippen LogP contribution < -0.4 is 4.74 Å². The Hall–Kier alpha value is -2.32. The zero-order valence-corrected chi connectivity index (χ0v) is 12.0. The van der Waals surface area contributed by atoms with E-state index in [2.05, 4.69) is 6.07 Å². The van der Waals surface area contributed by atoms with Crippen LogP contribution in [-0.4, -0.2) is 11.7 Å². The number of hydrogen-bond acceptors (Lipinski definition) is 2. The van der Waals surface area contributed by atoms with Crippen LogP contribution in [0.3, 0.4) is 0 Å². The highest BCUT2D eigenvalue weighted by atomic mass is 16.5. The largest absolute Gasteiger partial charge is 0.491 e. The molecule has 1 atom stereocenters. The van der Waals surface area contributed by atoms with Crippen molar-refractivity contribution in [3.8, 4) is 5.75 Å². The summed E-state index contributed by atoms with van der Waals surface area (Å²) in [5.74, 6) is 0.778. The van der Waals surface area contributed by atoms with Gasteiger partial charge in [-0.1, -0.05) is 54.1 Å². The van der Waals surface area contributed by atoms with Gasteiger partial charge in [-0.15, -0.1) is 0 Å². The van der Waals surface area contributed by atoms with Crippen molar-refractivity contribution in [2.24, 2.45) is 0 Å². The maximum absolute atomic E-state index is 10.3. The lowest BCUT2D eigenvalue weighted by atomic mass is 10.0. The Kier molecular flexibility index (Phi) is 3.89. The van der Waals surface area contributed by atoms with E-state index in [9.17, 15) is 5.11 Å². The zero-order chi connectivity index (χ0) is 14.7. The van der Waals surface area contributed by atoms with Crippen molar-refractivity contribution in [1.29, 1.82) is 0 Å². The first-order chi connectivity index (χ1) is 10.2. The summed E-state index contributed by atoms with van der Waals surface area (Å²) in [6.45, 7) is 2.29. The van der Waals surface area contributed by atoms with Gasteiger partial charge in [-0.25, -0.2) is 0 Å². The highest BCUT2D eigenvalue weighted by molar-refractivity contribution is 5.83. The minimum absolute atomic E-state index is 0.251. The summed E-state index contributed by atoms with van der Waals surface area (Å²) in [5, 5.41) is 12.6. The molecular formula is C19H18O2. The summed E-state index contributed by atoms with van der Waals surface area (Å²) in [6, 6.07) is 21.9. The highest BCUT2D eigenvalue weighted by Gasteiger charge is 2.09. The third kappa shape index (κ3) is 3.23. The monoisotopic (exact) mass is 278 g/mol. The second kappa shape index (κ2) is 5.98. The van der Waals surface area contributed by atoms with Gasteiger partial charge < -0.3 is 9.84 Å². The summed E-state index contributed by atoms with van der Waals surface area (Å²) in [4.78, 5) is 0. The quantitative estimate of drug-likeness (QED) is 0.772. The van der Waals surface area contributed by atoms with Gasteiger partial charge in [0.15, 0.2) is 0 Å². The predicted octanol–water partition coefficient (Wildman–Crippen LogP) is 4.26. The fourth-order valence-corrected chi connectivity index (χ4v) is 2.32. The van der Waals surface area contributed by atoms with Gasteiger partial charge >= 0.3 is 0 Å². The minimum atomic E-state index is -0.629. The first-order valence-corrected chi connectivity index (χ1v) is 7.08. The van der Waals surface area contributed by atoms with Crippen LogP contribution in [0.25, 0.3) is 10.8 Å². The lowest BCUT2D eigenvalue weighted by Gasteiger charge is -2.13. The number of rotatable bonds is 4. The van der Waals surface area contributed by atoms with Crippen LogP contribution in [-0.2, 0) is 0 Å². The molecule has 106 valence electrons. The van der Waals surface area contributed by atoms with Crippen LogP contribution in [0.5, 0.6) is 5.75 Å². The molecule has 0 aliphatic carbocycles. The molecule has 1 N–H and O–H groups in total. The maximum atomic E-state index is 10.3. The van der Waals surface area contributed by atoms with Gasteiger partial charge in [-0.05, 0) is 41.5 Å². The van der Waals surface area contributed by atoms with E-state index in [0.717, 1.165) is 16.7 Å². The fourth-order valence-electron chi connectivity index (χ4n) is 2.32. The summed E-state index contributed by atoms with van der Waals surface area (Å²) < 4.78 is 5.64. The number of aryl methyl sites for hydroxylation is 1. The molecule has 0 aliphatic rings. The van der Waals surface area contributed by atoms with Gasteiger partial charge in [-0.2, -0.15) is 0 Å². The van der Waals surface area contributed by atoms with E-state index < -0.39 is 6.10 Å². The lowest BCUT2D eigenvalue weighted by molar-refractivity contribution is 0.108. The molecule has 0 saturated carbocycles. The molecule has 3 aromatic carbocycles. The number of benzene rings is 3. The number of fused-ring (bicyclic) bond motifs is 1. The highest BCUT2D eigenvalue weighted by Crippen LogP contribution is 2.21. The van der Waals surface area contributed by atoms with Gasteiger partial charge in [0.25, 0.3) is 0 Å². The molecule has 3 aromatic rings. The van der Waals surface area contributed by atoms with E-state index in [1.165, 1.54) is 10.9 Å². The molecule has 0 aliphatic heterocycles. The van der Waals surface area contributed by atoms with E-state index in [1.807, 2.05) is 67.6 Å². The van der Waals surface area contributed by atoms with E-state index in [1.54, 1.807) is 0 Å². The summed E-state index contributed by atoms with van der Waals surface area (Å²) in [5.41, 5.74) is 2.07. The van der Waals surface area contributed by atoms with Crippen LogP contribution in [0.4, 0.5) is 0 Å². The van der Waals surface area contributed by atoms with E-state index in [0.29, 0.717) is 0 Å². The molecule has 0 heterocycles. The standard InChI is InChI=1S/C19H18O2/c1-14-6-10-18(11-7-14)21-13-19(20)17-9-8-15-4-2-3-5-16(15)12-17/h2-12,19-20H,13H2,1H3. The molecule has 0 aromatic heterocycles. The Balaban J connectivity index is 1.71. The van der Waals surface area contributed by atoms with Gasteiger partial charge in [0, 0.05) is 0 Å². The average molecular weight is 278 g/mol. The molecule has 0 amide bonds. The Morgan fingerprint density at radius 3 is 2.38 bits per heavy atom. The van der Waals surface area contributed by atoms with Crippen molar-refractivity contribution in [1.82, 2.24) is 0 Å². The molecule has 2 nitrogen and oxygen atoms in total. The zero-order valence-electron chi connectivity index (χ0n) is 12.0. The van der Waals surface area contributed by atoms with Gasteiger partial charge in [-0.3, -0.25) is 0 Å². The molecule has 0 fully saturated rings. The summed E-state index contributed by atoms with van der Waals surface area (Å²) in [6.07, 6.45) is -0.629. The molecule has 2 heteroatoms. The lowest BCUT2D eigenvalue weighted by Crippen LogP contribution is -2.09. The smallest absolute Gasteiger partial charge is 0.119 e. The van der Waals surface area contributed by atoms with E-state index in [4.69, 9.17) is 4.74 Å². The molecule has 0 saturated heterocycles. The van der Waals surface area contributed by atoms with Crippen LogP contribution in [0.1, 0.15) is 17.2 Å². The normalized spacial score (nSPS) is 12.3. The first-order valence-electron chi connectivity index (χ1n) is 7.08. The Morgan fingerprint density at radius 2 is 1.62 bits per heavy atom. The number of aliphatic hydroxyl groups excluding tert-OH is 1. The molecule has 0 bridgehead atoms. The summed E-state index contributed by atoms with van der Waals surface area (Å²) >= 11 is 0. The molecule has 1 unspecified atom stereocenters. The number of ether oxygens (including phenoxy) is 1. The third-order valence-corrected chi connectivity index (χ3v) is 3.59. The van der Waals surface area contributed by atoms with Crippen LogP contribution in [0, 0.1) is 6.92 Å². The van der Waals surface area contributed by atoms with Crippen LogP contribution in [0.15, 0.2) is 66.7 Å². The van der Waals surface area contributed by atoms with Crippen LogP contribution in [0.2, 0.25) is 0 Å². The van der Waals surface area contributed by atoms with Crippen molar-refractivity contribution in [2.75, 3.05) is 6.61 Å². The van der Waals surface area contributed by atoms with Crippen molar-refractivity contribution in [3.05, 3.63) is 77.9 Å². The van der Waals surface area contributed by atoms with Gasteiger partial charge in [0.2, 0.25) is 0 Å². The SMILES string of the molecule is Cc1ccc(OCC(O)c2ccc3ccccc3c2)cc1. The fraction of sp³-hybridized carbons (Fsp3) is 0.158. The van der Waals surface area contributed by atoms with E-state index in [-0.39, 0.29) is 6.61 Å². The summed E-state index contributed by atoms with van der Waals surface area (Å²) in [7, 11) is 0. The Morgan fingerprint density at radius 1 is 0.905 bits per heavy atom. The van der Waals surface area contributed by atoms with Crippen LogP contribution >= 0.6 is 0 Å². The molecule has 0 spiro atoms. The second-order valence-corrected chi connectivity index (χ2v) is 5.25.